The summed E-state index contributed by atoms with van der Waals surface area (Å²) in [7, 11) is 3.04. The van der Waals surface area contributed by atoms with Crippen LogP contribution in [0.1, 0.15) is 38.2 Å². The zero-order chi connectivity index (χ0) is 31.2. The van der Waals surface area contributed by atoms with Crippen LogP contribution in [0.4, 0.5) is 30.9 Å². The fourth-order valence-electron chi connectivity index (χ4n) is 6.76. The molecule has 4 N–H and O–H groups in total. The second-order valence-corrected chi connectivity index (χ2v) is 11.8. The van der Waals surface area contributed by atoms with Crippen molar-refractivity contribution in [2.24, 2.45) is 11.7 Å². The Kier molecular flexibility index (Phi) is 7.84. The topological polar surface area (TPSA) is 134 Å². The molecule has 232 valence electrons. The second-order valence-electron chi connectivity index (χ2n) is 11.8. The van der Waals surface area contributed by atoms with Gasteiger partial charge in [0.05, 0.1) is 59.3 Å². The van der Waals surface area contributed by atoms with Gasteiger partial charge in [-0.1, -0.05) is 19.8 Å². The predicted octanol–water partition coefficient (Wildman–Crippen LogP) is 4.42. The van der Waals surface area contributed by atoms with E-state index in [9.17, 15) is 9.90 Å². The number of nitrogens with one attached hydrogen (secondary N) is 1. The van der Waals surface area contributed by atoms with Gasteiger partial charge in [0.2, 0.25) is 5.95 Å². The Bertz CT molecular complexity index is 1660. The number of piperidine rings is 1. The van der Waals surface area contributed by atoms with Crippen molar-refractivity contribution in [2.45, 2.75) is 50.3 Å². The Morgan fingerprint density at radius 3 is 2.57 bits per heavy atom. The minimum absolute atomic E-state index is 0.0332. The van der Waals surface area contributed by atoms with Gasteiger partial charge in [-0.25, -0.2) is 18.6 Å². The lowest BCUT2D eigenvalue weighted by atomic mass is 9.89. The molecule has 0 spiro atoms. The molecule has 0 bridgehead atoms. The van der Waals surface area contributed by atoms with Crippen molar-refractivity contribution in [3.8, 4) is 11.3 Å². The molecule has 1 aliphatic carbocycles. The van der Waals surface area contributed by atoms with Crippen molar-refractivity contribution in [1.82, 2.24) is 24.5 Å². The molecular weight excluding hydrogens is 570 g/mol. The summed E-state index contributed by atoms with van der Waals surface area (Å²) in [6.45, 7) is 3.13. The number of aromatic nitrogens is 4. The molecule has 1 aromatic carbocycles. The van der Waals surface area contributed by atoms with Gasteiger partial charge in [0, 0.05) is 32.4 Å². The van der Waals surface area contributed by atoms with Gasteiger partial charge in [-0.3, -0.25) is 4.98 Å². The highest BCUT2D eigenvalue weighted by atomic mass is 19.1. The number of anilines is 3. The summed E-state index contributed by atoms with van der Waals surface area (Å²) in [6, 6.07) is 6.97. The molecule has 4 aromatic rings. The van der Waals surface area contributed by atoms with Crippen LogP contribution in [0.2, 0.25) is 0 Å². The van der Waals surface area contributed by atoms with Crippen LogP contribution >= 0.6 is 0 Å². The van der Waals surface area contributed by atoms with Crippen molar-refractivity contribution in [2.75, 3.05) is 37.5 Å². The van der Waals surface area contributed by atoms with Crippen LogP contribution in [-0.4, -0.2) is 75.0 Å². The van der Waals surface area contributed by atoms with Crippen LogP contribution in [0.5, 0.6) is 0 Å². The molecule has 1 saturated heterocycles. The average molecular weight is 607 g/mol. The summed E-state index contributed by atoms with van der Waals surface area (Å²) < 4.78 is 37.1. The van der Waals surface area contributed by atoms with E-state index >= 15 is 8.78 Å². The minimum Gasteiger partial charge on any atom is -0.453 e. The number of pyridine rings is 1. The Hall–Kier alpha value is -4.36. The molecule has 3 aromatic heterocycles. The normalized spacial score (nSPS) is 21.4. The van der Waals surface area contributed by atoms with Gasteiger partial charge in [0.1, 0.15) is 11.6 Å². The summed E-state index contributed by atoms with van der Waals surface area (Å²) >= 11 is 0. The molecule has 1 aliphatic heterocycles. The molecule has 0 radical (unpaired) electrons. The number of amides is 1. The van der Waals surface area contributed by atoms with Gasteiger partial charge >= 0.3 is 6.09 Å². The number of methoxy groups -OCH3 is 1. The molecule has 3 unspecified atom stereocenters. The number of imidazole rings is 1. The number of aliphatic hydroxyl groups is 1. The predicted molar refractivity (Wildman–Crippen MR) is 162 cm³/mol. The summed E-state index contributed by atoms with van der Waals surface area (Å²) in [5.41, 5.74) is 7.49. The zero-order valence-electron chi connectivity index (χ0n) is 24.9. The van der Waals surface area contributed by atoms with Crippen molar-refractivity contribution in [3.63, 3.8) is 0 Å². The van der Waals surface area contributed by atoms with E-state index in [-0.39, 0.29) is 34.8 Å². The van der Waals surface area contributed by atoms with Gasteiger partial charge in [-0.05, 0) is 54.7 Å². The molecule has 4 heterocycles. The fraction of sp³-hybridized carbons (Fsp3) is 0.419. The number of hydrogen-bond donors (Lipinski definition) is 3. The summed E-state index contributed by atoms with van der Waals surface area (Å²) in [5.74, 6) is -1.22. The average Bonchev–Trinajstić information content (AvgIpc) is 3.63. The Labute approximate surface area is 253 Å². The number of carbonyl (C=O) groups excluding carboxylic acids is 1. The SMILES string of the molecule is COC(=O)N(C)C1C(C)CN(c2ccncc2Nc2ncc3ccc(-c4c(F)cc(C5(O)CCCC5)cc4F)nn23)CC1N. The number of benzene rings is 1. The van der Waals surface area contributed by atoms with E-state index in [1.165, 1.54) is 23.8 Å². The molecule has 1 amide bonds. The Morgan fingerprint density at radius 2 is 1.89 bits per heavy atom. The smallest absolute Gasteiger partial charge is 0.409 e. The number of fused-ring (bicyclic) bond motifs is 1. The van der Waals surface area contributed by atoms with Crippen molar-refractivity contribution in [3.05, 3.63) is 66.1 Å². The van der Waals surface area contributed by atoms with Crippen molar-refractivity contribution >= 4 is 28.9 Å². The number of likely N-dealkylation sites (N-methyl/N-ethyl adjacent to an activating group) is 1. The molecule has 2 aliphatic rings. The van der Waals surface area contributed by atoms with E-state index in [0.717, 1.165) is 18.5 Å². The highest BCUT2D eigenvalue weighted by Gasteiger charge is 2.38. The summed E-state index contributed by atoms with van der Waals surface area (Å²) in [4.78, 5) is 24.6. The fourth-order valence-corrected chi connectivity index (χ4v) is 6.76. The number of hydrogen-bond acceptors (Lipinski definition) is 9. The first kappa shape index (κ1) is 29.7. The number of halogens is 2. The maximum absolute atomic E-state index is 15.4. The summed E-state index contributed by atoms with van der Waals surface area (Å²) in [6.07, 6.45) is 7.09. The van der Waals surface area contributed by atoms with Gasteiger partial charge in [0.25, 0.3) is 0 Å². The highest BCUT2D eigenvalue weighted by Crippen LogP contribution is 2.40. The highest BCUT2D eigenvalue weighted by molar-refractivity contribution is 5.74. The molecule has 3 atom stereocenters. The molecule has 13 heteroatoms. The first-order valence-electron chi connectivity index (χ1n) is 14.7. The molecule has 6 rings (SSSR count). The number of ether oxygens (including phenoxy) is 1. The lowest BCUT2D eigenvalue weighted by molar-refractivity contribution is 0.0438. The van der Waals surface area contributed by atoms with Crippen LogP contribution in [0.3, 0.4) is 0 Å². The van der Waals surface area contributed by atoms with E-state index < -0.39 is 23.3 Å². The number of rotatable bonds is 6. The van der Waals surface area contributed by atoms with Crippen LogP contribution in [0, 0.1) is 17.6 Å². The van der Waals surface area contributed by atoms with Crippen molar-refractivity contribution in [1.29, 1.82) is 0 Å². The van der Waals surface area contributed by atoms with E-state index in [0.29, 0.717) is 43.1 Å². The molecular formula is C31H36F2N8O3. The van der Waals surface area contributed by atoms with Gasteiger partial charge in [0.15, 0.2) is 0 Å². The second kappa shape index (κ2) is 11.6. The van der Waals surface area contributed by atoms with Crippen LogP contribution in [-0.2, 0) is 10.3 Å². The van der Waals surface area contributed by atoms with Gasteiger partial charge in [-0.15, -0.1) is 0 Å². The summed E-state index contributed by atoms with van der Waals surface area (Å²) in [5, 5.41) is 18.7. The third-order valence-corrected chi connectivity index (χ3v) is 8.91. The maximum atomic E-state index is 15.4. The standard InChI is InChI=1S/C31H36F2N8O3/c1-18-16-40(17-23(34)28(18)39(2)30(42)44-3)26-8-11-35-15-25(26)37-29-36-14-20-6-7-24(38-41(20)29)27-21(32)12-19(13-22(27)33)31(43)9-4-5-10-31/h6-8,11-15,18,23,28,43H,4-5,9-10,16-17,34H2,1-3H3,(H,36,37). The van der Waals surface area contributed by atoms with E-state index in [1.54, 1.807) is 42.7 Å². The van der Waals surface area contributed by atoms with E-state index in [4.69, 9.17) is 10.5 Å². The van der Waals surface area contributed by atoms with Gasteiger partial charge in [-0.2, -0.15) is 9.61 Å². The third kappa shape index (κ3) is 5.30. The molecule has 44 heavy (non-hydrogen) atoms. The Morgan fingerprint density at radius 1 is 1.16 bits per heavy atom. The largest absolute Gasteiger partial charge is 0.453 e. The number of nitrogens with zero attached hydrogens (tertiary/aromatic N) is 6. The van der Waals surface area contributed by atoms with Crippen LogP contribution < -0.4 is 16.0 Å². The van der Waals surface area contributed by atoms with Crippen molar-refractivity contribution < 1.29 is 23.4 Å². The lowest BCUT2D eigenvalue weighted by Gasteiger charge is -2.45. The first-order chi connectivity index (χ1) is 21.1. The maximum Gasteiger partial charge on any atom is 0.409 e. The number of carbonyl (C=O) groups is 1. The number of nitrogens with two attached hydrogens (primary N) is 1. The van der Waals surface area contributed by atoms with Gasteiger partial charge < -0.3 is 30.7 Å². The molecule has 1 saturated carbocycles. The minimum atomic E-state index is -1.21. The lowest BCUT2D eigenvalue weighted by Crippen LogP contribution is -2.62. The van der Waals surface area contributed by atoms with E-state index in [2.05, 4.69) is 25.3 Å². The van der Waals surface area contributed by atoms with E-state index in [1.807, 2.05) is 13.0 Å². The quantitative estimate of drug-likeness (QED) is 0.292. The monoisotopic (exact) mass is 606 g/mol. The van der Waals surface area contributed by atoms with Crippen LogP contribution in [0.25, 0.3) is 16.8 Å². The van der Waals surface area contributed by atoms with Crippen LogP contribution in [0.15, 0.2) is 48.9 Å². The molecule has 2 fully saturated rings. The Balaban J connectivity index is 1.28. The zero-order valence-corrected chi connectivity index (χ0v) is 24.9. The third-order valence-electron chi connectivity index (χ3n) is 8.91. The molecule has 11 nitrogen and oxygen atoms in total. The first-order valence-corrected chi connectivity index (χ1v) is 14.7.